The minimum Gasteiger partial charge on any atom is -0.297 e. The Kier molecular flexibility index (Phi) is 3.18. The molecule has 2 heterocycles. The number of amides is 1. The lowest BCUT2D eigenvalue weighted by Gasteiger charge is -1.98. The summed E-state index contributed by atoms with van der Waals surface area (Å²) in [5.41, 5.74) is 0. The quantitative estimate of drug-likeness (QED) is 0.922. The normalized spacial score (nSPS) is 10.3. The predicted octanol–water partition coefficient (Wildman–Crippen LogP) is 3.53. The number of carbonyl (C=O) groups is 1. The van der Waals surface area contributed by atoms with Gasteiger partial charge in [-0.25, -0.2) is 4.98 Å². The van der Waals surface area contributed by atoms with Crippen LogP contribution in [0.15, 0.2) is 22.1 Å². The Morgan fingerprint density at radius 2 is 2.40 bits per heavy atom. The SMILES string of the molecule is Cc1cnc(NC(=O)c2sccc2Br)s1. The van der Waals surface area contributed by atoms with Crippen LogP contribution in [0.1, 0.15) is 14.5 Å². The summed E-state index contributed by atoms with van der Waals surface area (Å²) in [6, 6.07) is 1.85. The summed E-state index contributed by atoms with van der Waals surface area (Å²) in [6.07, 6.45) is 1.74. The zero-order chi connectivity index (χ0) is 10.8. The molecule has 0 aliphatic rings. The number of anilines is 1. The summed E-state index contributed by atoms with van der Waals surface area (Å²) in [7, 11) is 0. The molecule has 0 fully saturated rings. The number of rotatable bonds is 2. The van der Waals surface area contributed by atoms with Crippen LogP contribution in [0.2, 0.25) is 0 Å². The second-order valence-electron chi connectivity index (χ2n) is 2.83. The van der Waals surface area contributed by atoms with Crippen molar-refractivity contribution in [2.45, 2.75) is 6.92 Å². The predicted molar refractivity (Wildman–Crippen MR) is 66.8 cm³/mol. The zero-order valence-corrected chi connectivity index (χ0v) is 11.0. The highest BCUT2D eigenvalue weighted by Crippen LogP contribution is 2.24. The van der Waals surface area contributed by atoms with Crippen LogP contribution in [0.5, 0.6) is 0 Å². The zero-order valence-electron chi connectivity index (χ0n) is 7.78. The van der Waals surface area contributed by atoms with Crippen molar-refractivity contribution in [3.63, 3.8) is 0 Å². The van der Waals surface area contributed by atoms with Crippen molar-refractivity contribution >= 4 is 49.6 Å². The van der Waals surface area contributed by atoms with Crippen molar-refractivity contribution in [2.75, 3.05) is 5.32 Å². The average Bonchev–Trinajstić information content (AvgIpc) is 2.75. The number of thiophene rings is 1. The molecule has 1 N–H and O–H groups in total. The molecule has 0 aliphatic heterocycles. The molecule has 3 nitrogen and oxygen atoms in total. The first-order valence-electron chi connectivity index (χ1n) is 4.13. The number of nitrogens with one attached hydrogen (secondary N) is 1. The molecule has 78 valence electrons. The van der Waals surface area contributed by atoms with Gasteiger partial charge in [-0.1, -0.05) is 0 Å². The van der Waals surface area contributed by atoms with Gasteiger partial charge in [-0.3, -0.25) is 10.1 Å². The lowest BCUT2D eigenvalue weighted by Crippen LogP contribution is -2.10. The van der Waals surface area contributed by atoms with Gasteiger partial charge in [0.05, 0.1) is 0 Å². The third kappa shape index (κ3) is 2.45. The van der Waals surface area contributed by atoms with E-state index in [9.17, 15) is 4.79 Å². The van der Waals surface area contributed by atoms with E-state index in [-0.39, 0.29) is 5.91 Å². The third-order valence-corrected chi connectivity index (χ3v) is 4.33. The number of aromatic nitrogens is 1. The van der Waals surface area contributed by atoms with Gasteiger partial charge in [-0.2, -0.15) is 0 Å². The van der Waals surface area contributed by atoms with Crippen molar-refractivity contribution in [3.8, 4) is 0 Å². The maximum Gasteiger partial charge on any atom is 0.268 e. The van der Waals surface area contributed by atoms with Gasteiger partial charge in [-0.15, -0.1) is 22.7 Å². The van der Waals surface area contributed by atoms with E-state index < -0.39 is 0 Å². The first-order valence-corrected chi connectivity index (χ1v) is 6.62. The van der Waals surface area contributed by atoms with E-state index in [4.69, 9.17) is 0 Å². The monoisotopic (exact) mass is 302 g/mol. The molecule has 2 aromatic rings. The molecule has 0 aliphatic carbocycles. The Bertz CT molecular complexity index is 492. The first kappa shape index (κ1) is 10.8. The van der Waals surface area contributed by atoms with Crippen molar-refractivity contribution in [1.29, 1.82) is 0 Å². The molecular formula is C9H7BrN2OS2. The number of halogens is 1. The Labute approximate surface area is 103 Å². The first-order chi connectivity index (χ1) is 7.16. The van der Waals surface area contributed by atoms with Gasteiger partial charge in [0.25, 0.3) is 5.91 Å². The molecule has 0 radical (unpaired) electrons. The lowest BCUT2D eigenvalue weighted by molar-refractivity contribution is 0.103. The van der Waals surface area contributed by atoms with Crippen LogP contribution in [0, 0.1) is 6.92 Å². The van der Waals surface area contributed by atoms with Crippen LogP contribution in [0.3, 0.4) is 0 Å². The fourth-order valence-electron chi connectivity index (χ4n) is 1.02. The minimum atomic E-state index is -0.119. The summed E-state index contributed by atoms with van der Waals surface area (Å²) < 4.78 is 0.818. The van der Waals surface area contributed by atoms with Gasteiger partial charge in [-0.05, 0) is 34.3 Å². The van der Waals surface area contributed by atoms with Crippen molar-refractivity contribution < 1.29 is 4.79 Å². The molecule has 0 atom stereocenters. The average molecular weight is 303 g/mol. The molecule has 1 amide bonds. The van der Waals surface area contributed by atoms with Gasteiger partial charge < -0.3 is 0 Å². The lowest BCUT2D eigenvalue weighted by atomic mass is 10.4. The van der Waals surface area contributed by atoms with E-state index in [2.05, 4.69) is 26.2 Å². The fraction of sp³-hybridized carbons (Fsp3) is 0.111. The fourth-order valence-corrected chi connectivity index (χ4v) is 3.13. The molecule has 0 saturated heterocycles. The number of aryl methyl sites for hydroxylation is 1. The molecular weight excluding hydrogens is 296 g/mol. The summed E-state index contributed by atoms with van der Waals surface area (Å²) in [5.74, 6) is -0.119. The van der Waals surface area contributed by atoms with E-state index in [0.717, 1.165) is 9.35 Å². The Hall–Kier alpha value is -0.720. The van der Waals surface area contributed by atoms with E-state index in [1.165, 1.54) is 22.7 Å². The van der Waals surface area contributed by atoms with Gasteiger partial charge in [0.2, 0.25) is 0 Å². The second-order valence-corrected chi connectivity index (χ2v) is 5.83. The highest BCUT2D eigenvalue weighted by molar-refractivity contribution is 9.10. The standard InChI is InChI=1S/C9H7BrN2OS2/c1-5-4-11-9(15-5)12-8(13)7-6(10)2-3-14-7/h2-4H,1H3,(H,11,12,13). The maximum absolute atomic E-state index is 11.7. The number of hydrogen-bond donors (Lipinski definition) is 1. The van der Waals surface area contributed by atoms with Crippen LogP contribution >= 0.6 is 38.6 Å². The molecule has 2 rings (SSSR count). The maximum atomic E-state index is 11.7. The van der Waals surface area contributed by atoms with E-state index in [1.54, 1.807) is 6.20 Å². The molecule has 0 unspecified atom stereocenters. The van der Waals surface area contributed by atoms with Gasteiger partial charge in [0.15, 0.2) is 5.13 Å². The highest BCUT2D eigenvalue weighted by atomic mass is 79.9. The number of nitrogens with zero attached hydrogens (tertiary/aromatic N) is 1. The molecule has 0 bridgehead atoms. The van der Waals surface area contributed by atoms with Gasteiger partial charge in [0, 0.05) is 15.5 Å². The summed E-state index contributed by atoms with van der Waals surface area (Å²) in [5, 5.41) is 5.26. The summed E-state index contributed by atoms with van der Waals surface area (Å²) in [4.78, 5) is 17.6. The van der Waals surface area contributed by atoms with E-state index in [0.29, 0.717) is 10.0 Å². The molecule has 15 heavy (non-hydrogen) atoms. The van der Waals surface area contributed by atoms with Crippen LogP contribution in [-0.4, -0.2) is 10.9 Å². The molecule has 0 spiro atoms. The number of thiazole rings is 1. The van der Waals surface area contributed by atoms with Crippen molar-refractivity contribution in [3.05, 3.63) is 31.9 Å². The van der Waals surface area contributed by atoms with Crippen LogP contribution < -0.4 is 5.32 Å². The third-order valence-electron chi connectivity index (χ3n) is 1.67. The summed E-state index contributed by atoms with van der Waals surface area (Å²) in [6.45, 7) is 1.95. The minimum absolute atomic E-state index is 0.119. The van der Waals surface area contributed by atoms with E-state index >= 15 is 0 Å². The molecule has 0 saturated carbocycles. The van der Waals surface area contributed by atoms with Gasteiger partial charge >= 0.3 is 0 Å². The summed E-state index contributed by atoms with van der Waals surface area (Å²) >= 11 is 6.19. The second kappa shape index (κ2) is 4.42. The van der Waals surface area contributed by atoms with Crippen LogP contribution in [0.25, 0.3) is 0 Å². The molecule has 6 heteroatoms. The molecule has 2 aromatic heterocycles. The smallest absolute Gasteiger partial charge is 0.268 e. The van der Waals surface area contributed by atoms with Crippen LogP contribution in [0.4, 0.5) is 5.13 Å². The van der Waals surface area contributed by atoms with Gasteiger partial charge in [0.1, 0.15) is 4.88 Å². The largest absolute Gasteiger partial charge is 0.297 e. The Morgan fingerprint density at radius 3 is 2.93 bits per heavy atom. The number of hydrogen-bond acceptors (Lipinski definition) is 4. The number of carbonyl (C=O) groups excluding carboxylic acids is 1. The van der Waals surface area contributed by atoms with Crippen molar-refractivity contribution in [1.82, 2.24) is 4.98 Å². The molecule has 0 aromatic carbocycles. The van der Waals surface area contributed by atoms with E-state index in [1.807, 2.05) is 18.4 Å². The van der Waals surface area contributed by atoms with Crippen LogP contribution in [-0.2, 0) is 0 Å². The highest BCUT2D eigenvalue weighted by Gasteiger charge is 2.12. The Morgan fingerprint density at radius 1 is 1.60 bits per heavy atom. The van der Waals surface area contributed by atoms with Crippen molar-refractivity contribution in [2.24, 2.45) is 0 Å². The topological polar surface area (TPSA) is 42.0 Å². The Balaban J connectivity index is 2.14.